The van der Waals surface area contributed by atoms with Crippen molar-refractivity contribution in [2.75, 3.05) is 0 Å². The first-order chi connectivity index (χ1) is 9.25. The number of fused-ring (bicyclic) bond motifs is 1. The van der Waals surface area contributed by atoms with E-state index in [1.807, 2.05) is 18.2 Å². The van der Waals surface area contributed by atoms with E-state index in [9.17, 15) is 4.79 Å². The van der Waals surface area contributed by atoms with Crippen molar-refractivity contribution < 1.29 is 9.90 Å². The number of hydrogen-bond acceptors (Lipinski definition) is 6. The Morgan fingerprint density at radius 2 is 2.05 bits per heavy atom. The molecule has 0 aliphatic carbocycles. The first-order valence-electron chi connectivity index (χ1n) is 5.31. The van der Waals surface area contributed by atoms with Crippen LogP contribution in [0.5, 0.6) is 0 Å². The maximum Gasteiger partial charge on any atom is 0.337 e. The Labute approximate surface area is 116 Å². The fourth-order valence-corrected chi connectivity index (χ4v) is 3.19. The lowest BCUT2D eigenvalue weighted by Gasteiger charge is -2.06. The van der Waals surface area contributed by atoms with Crippen LogP contribution in [-0.2, 0) is 0 Å². The summed E-state index contributed by atoms with van der Waals surface area (Å²) in [7, 11) is 0. The zero-order chi connectivity index (χ0) is 13.2. The highest BCUT2D eigenvalue weighted by Gasteiger charge is 2.13. The van der Waals surface area contributed by atoms with Gasteiger partial charge in [0.1, 0.15) is 10.5 Å². The third-order valence-electron chi connectivity index (χ3n) is 2.51. The average Bonchev–Trinajstić information content (AvgIpc) is 2.91. The molecule has 0 fully saturated rings. The highest BCUT2D eigenvalue weighted by Crippen LogP contribution is 2.33. The third kappa shape index (κ3) is 2.29. The lowest BCUT2D eigenvalue weighted by Crippen LogP contribution is -1.99. The highest BCUT2D eigenvalue weighted by molar-refractivity contribution is 8.01. The van der Waals surface area contributed by atoms with Gasteiger partial charge in [-0.1, -0.05) is 35.6 Å². The summed E-state index contributed by atoms with van der Waals surface area (Å²) in [5, 5.41) is 19.1. The second-order valence-electron chi connectivity index (χ2n) is 3.63. The van der Waals surface area contributed by atoms with E-state index in [1.54, 1.807) is 11.6 Å². The topological polar surface area (TPSA) is 76.0 Å². The molecule has 0 aliphatic rings. The number of pyridine rings is 1. The van der Waals surface area contributed by atoms with Crippen LogP contribution in [0.4, 0.5) is 0 Å². The van der Waals surface area contributed by atoms with Crippen molar-refractivity contribution in [3.63, 3.8) is 0 Å². The minimum absolute atomic E-state index is 0.206. The maximum absolute atomic E-state index is 11.2. The van der Waals surface area contributed by atoms with Crippen LogP contribution in [0.3, 0.4) is 0 Å². The molecule has 2 heterocycles. The number of carbonyl (C=O) groups is 1. The van der Waals surface area contributed by atoms with Gasteiger partial charge >= 0.3 is 5.97 Å². The number of rotatable bonds is 3. The smallest absolute Gasteiger partial charge is 0.337 e. The fourth-order valence-electron chi connectivity index (χ4n) is 1.71. The number of carboxylic acids is 1. The minimum Gasteiger partial charge on any atom is -0.478 e. The summed E-state index contributed by atoms with van der Waals surface area (Å²) in [6.45, 7) is 0. The van der Waals surface area contributed by atoms with Crippen molar-refractivity contribution in [1.82, 2.24) is 15.2 Å². The van der Waals surface area contributed by atoms with Gasteiger partial charge < -0.3 is 5.11 Å². The van der Waals surface area contributed by atoms with Gasteiger partial charge in [-0.15, -0.1) is 10.2 Å². The maximum atomic E-state index is 11.2. The highest BCUT2D eigenvalue weighted by atomic mass is 32.2. The van der Waals surface area contributed by atoms with Crippen LogP contribution in [0.25, 0.3) is 10.8 Å². The second-order valence-corrected chi connectivity index (χ2v) is 5.70. The number of carboxylic acid groups (broad SMARTS) is 1. The molecule has 1 N–H and O–H groups in total. The summed E-state index contributed by atoms with van der Waals surface area (Å²) >= 11 is 2.81. The average molecular weight is 289 g/mol. The van der Waals surface area contributed by atoms with Gasteiger partial charge in [0.15, 0.2) is 4.34 Å². The van der Waals surface area contributed by atoms with Crippen LogP contribution in [-0.4, -0.2) is 26.3 Å². The molecular weight excluding hydrogens is 282 g/mol. The molecule has 0 radical (unpaired) electrons. The molecule has 0 unspecified atom stereocenters. The standard InChI is InChI=1S/C12H7N3O2S2/c16-11(17)9-5-13-10(19-12-15-14-6-18-12)8-4-2-1-3-7(8)9/h1-6H,(H,16,17). The molecule has 0 spiro atoms. The Bertz CT molecular complexity index is 744. The monoisotopic (exact) mass is 289 g/mol. The van der Waals surface area contributed by atoms with Crippen LogP contribution < -0.4 is 0 Å². The van der Waals surface area contributed by atoms with E-state index in [0.29, 0.717) is 5.39 Å². The molecule has 0 aliphatic heterocycles. The van der Waals surface area contributed by atoms with Crippen LogP contribution >= 0.6 is 23.1 Å². The summed E-state index contributed by atoms with van der Waals surface area (Å²) in [6, 6.07) is 7.32. The van der Waals surface area contributed by atoms with Crippen molar-refractivity contribution in [2.45, 2.75) is 9.37 Å². The number of nitrogens with zero attached hydrogens (tertiary/aromatic N) is 3. The molecule has 3 rings (SSSR count). The molecule has 2 aromatic heterocycles. The zero-order valence-corrected chi connectivity index (χ0v) is 11.1. The molecule has 1 aromatic carbocycles. The van der Waals surface area contributed by atoms with E-state index < -0.39 is 5.97 Å². The van der Waals surface area contributed by atoms with Crippen molar-refractivity contribution >= 4 is 39.8 Å². The van der Waals surface area contributed by atoms with Crippen LogP contribution in [0.15, 0.2) is 45.3 Å². The van der Waals surface area contributed by atoms with Gasteiger partial charge in [0.2, 0.25) is 0 Å². The first kappa shape index (κ1) is 12.1. The van der Waals surface area contributed by atoms with Gasteiger partial charge in [0, 0.05) is 17.0 Å². The van der Waals surface area contributed by atoms with Gasteiger partial charge in [-0.3, -0.25) is 0 Å². The van der Waals surface area contributed by atoms with E-state index in [2.05, 4.69) is 15.2 Å². The predicted octanol–water partition coefficient (Wildman–Crippen LogP) is 2.94. The molecule has 0 saturated carbocycles. The Morgan fingerprint density at radius 3 is 2.74 bits per heavy atom. The quantitative estimate of drug-likeness (QED) is 0.799. The summed E-state index contributed by atoms with van der Waals surface area (Å²) in [4.78, 5) is 15.4. The van der Waals surface area contributed by atoms with Gasteiger partial charge in [0.05, 0.1) is 5.56 Å². The number of aromatic nitrogens is 3. The van der Waals surface area contributed by atoms with Gasteiger partial charge in [-0.2, -0.15) is 0 Å². The van der Waals surface area contributed by atoms with E-state index >= 15 is 0 Å². The zero-order valence-electron chi connectivity index (χ0n) is 9.48. The Kier molecular flexibility index (Phi) is 3.14. The van der Waals surface area contributed by atoms with Crippen molar-refractivity contribution in [2.24, 2.45) is 0 Å². The summed E-state index contributed by atoms with van der Waals surface area (Å²) in [5.41, 5.74) is 1.85. The Morgan fingerprint density at radius 1 is 1.26 bits per heavy atom. The molecule has 3 aromatic rings. The van der Waals surface area contributed by atoms with Crippen molar-refractivity contribution in [1.29, 1.82) is 0 Å². The molecule has 0 amide bonds. The second kappa shape index (κ2) is 4.94. The molecule has 0 bridgehead atoms. The van der Waals surface area contributed by atoms with Gasteiger partial charge in [0.25, 0.3) is 0 Å². The molecular formula is C12H7N3O2S2. The first-order valence-corrected chi connectivity index (χ1v) is 7.00. The van der Waals surface area contributed by atoms with Crippen LogP contribution in [0.1, 0.15) is 10.4 Å². The van der Waals surface area contributed by atoms with E-state index in [1.165, 1.54) is 29.3 Å². The van der Waals surface area contributed by atoms with Crippen LogP contribution in [0.2, 0.25) is 0 Å². The van der Waals surface area contributed by atoms with E-state index in [-0.39, 0.29) is 5.56 Å². The predicted molar refractivity (Wildman–Crippen MR) is 72.7 cm³/mol. The third-order valence-corrected chi connectivity index (χ3v) is 4.31. The van der Waals surface area contributed by atoms with E-state index in [4.69, 9.17) is 5.11 Å². The lowest BCUT2D eigenvalue weighted by atomic mass is 10.1. The molecule has 94 valence electrons. The number of aromatic carboxylic acids is 1. The van der Waals surface area contributed by atoms with Gasteiger partial charge in [-0.05, 0) is 11.8 Å². The summed E-state index contributed by atoms with van der Waals surface area (Å²) in [5.74, 6) is -0.976. The fraction of sp³-hybridized carbons (Fsp3) is 0. The normalized spacial score (nSPS) is 10.7. The molecule has 5 nitrogen and oxygen atoms in total. The summed E-state index contributed by atoms with van der Waals surface area (Å²) < 4.78 is 0.778. The number of hydrogen-bond donors (Lipinski definition) is 1. The largest absolute Gasteiger partial charge is 0.478 e. The SMILES string of the molecule is O=C(O)c1cnc(Sc2nncs2)c2ccccc12. The molecule has 0 saturated heterocycles. The Balaban J connectivity index is 2.16. The lowest BCUT2D eigenvalue weighted by molar-refractivity contribution is 0.0698. The Hall–Kier alpha value is -1.99. The number of benzene rings is 1. The van der Waals surface area contributed by atoms with Crippen molar-refractivity contribution in [3.8, 4) is 0 Å². The van der Waals surface area contributed by atoms with E-state index in [0.717, 1.165) is 14.8 Å². The van der Waals surface area contributed by atoms with Gasteiger partial charge in [-0.25, -0.2) is 9.78 Å². The van der Waals surface area contributed by atoms with Crippen molar-refractivity contribution in [3.05, 3.63) is 41.5 Å². The molecule has 19 heavy (non-hydrogen) atoms. The summed E-state index contributed by atoms with van der Waals surface area (Å²) in [6.07, 6.45) is 1.38. The minimum atomic E-state index is -0.976. The molecule has 7 heteroatoms. The molecule has 0 atom stereocenters. The van der Waals surface area contributed by atoms with Crippen LogP contribution in [0, 0.1) is 0 Å².